The maximum Gasteiger partial charge on any atom is 0.0835 e. The summed E-state index contributed by atoms with van der Waals surface area (Å²) in [6.45, 7) is 8.31. The first-order valence-corrected chi connectivity index (χ1v) is 7.09. The van der Waals surface area contributed by atoms with Crippen molar-refractivity contribution in [1.82, 2.24) is 9.97 Å². The molecule has 19 heavy (non-hydrogen) atoms. The maximum absolute atomic E-state index is 4.42. The minimum Gasteiger partial charge on any atom is -0.376 e. The number of benzene rings is 1. The smallest absolute Gasteiger partial charge is 0.0835 e. The molecule has 100 valence electrons. The molecule has 0 spiro atoms. The molecule has 3 nitrogen and oxygen atoms in total. The number of anilines is 1. The molecular weight excluding hydrogens is 302 g/mol. The predicted octanol–water partition coefficient (Wildman–Crippen LogP) is 4.34. The Morgan fingerprint density at radius 1 is 1.05 bits per heavy atom. The van der Waals surface area contributed by atoms with E-state index in [2.05, 4.69) is 64.1 Å². The molecule has 1 atom stereocenters. The van der Waals surface area contributed by atoms with Gasteiger partial charge in [0, 0.05) is 22.6 Å². The first-order chi connectivity index (χ1) is 8.99. The zero-order chi connectivity index (χ0) is 14.0. The zero-order valence-corrected chi connectivity index (χ0v) is 13.2. The lowest BCUT2D eigenvalue weighted by atomic mass is 10.1. The van der Waals surface area contributed by atoms with E-state index in [0.29, 0.717) is 0 Å². The fourth-order valence-corrected chi connectivity index (χ4v) is 2.95. The van der Waals surface area contributed by atoms with Crippen LogP contribution in [0.15, 0.2) is 29.0 Å². The molecule has 1 unspecified atom stereocenters. The third-order valence-electron chi connectivity index (χ3n) is 3.19. The lowest BCUT2D eigenvalue weighted by molar-refractivity contribution is 0.807. The summed E-state index contributed by atoms with van der Waals surface area (Å²) in [5, 5.41) is 3.54. The highest BCUT2D eigenvalue weighted by Gasteiger charge is 2.13. The van der Waals surface area contributed by atoms with Crippen molar-refractivity contribution in [3.63, 3.8) is 0 Å². The Kier molecular flexibility index (Phi) is 4.20. The number of aryl methyl sites for hydroxylation is 3. The summed E-state index contributed by atoms with van der Waals surface area (Å²) >= 11 is 3.52. The monoisotopic (exact) mass is 319 g/mol. The van der Waals surface area contributed by atoms with Gasteiger partial charge in [-0.25, -0.2) is 0 Å². The lowest BCUT2D eigenvalue weighted by Crippen LogP contribution is -2.12. The van der Waals surface area contributed by atoms with Crippen LogP contribution in [-0.4, -0.2) is 9.97 Å². The van der Waals surface area contributed by atoms with Crippen molar-refractivity contribution in [1.29, 1.82) is 0 Å². The molecule has 0 amide bonds. The molecule has 0 saturated carbocycles. The van der Waals surface area contributed by atoms with Gasteiger partial charge >= 0.3 is 0 Å². The van der Waals surface area contributed by atoms with E-state index in [1.54, 1.807) is 12.4 Å². The molecule has 1 aromatic heterocycles. The van der Waals surface area contributed by atoms with Gasteiger partial charge in [0.15, 0.2) is 0 Å². The van der Waals surface area contributed by atoms with Crippen molar-refractivity contribution in [3.05, 3.63) is 51.5 Å². The second-order valence-corrected chi connectivity index (χ2v) is 5.72. The van der Waals surface area contributed by atoms with Gasteiger partial charge in [0.05, 0.1) is 17.4 Å². The van der Waals surface area contributed by atoms with Crippen LogP contribution in [0.4, 0.5) is 5.69 Å². The largest absolute Gasteiger partial charge is 0.376 e. The van der Waals surface area contributed by atoms with Gasteiger partial charge in [-0.3, -0.25) is 9.97 Å². The van der Waals surface area contributed by atoms with Crippen LogP contribution in [0.5, 0.6) is 0 Å². The highest BCUT2D eigenvalue weighted by atomic mass is 79.9. The van der Waals surface area contributed by atoms with Crippen LogP contribution >= 0.6 is 15.9 Å². The summed E-state index contributed by atoms with van der Waals surface area (Å²) in [5.74, 6) is 0. The predicted molar refractivity (Wildman–Crippen MR) is 82.4 cm³/mol. The van der Waals surface area contributed by atoms with Gasteiger partial charge in [-0.15, -0.1) is 0 Å². The Morgan fingerprint density at radius 2 is 1.63 bits per heavy atom. The molecule has 0 radical (unpaired) electrons. The van der Waals surface area contributed by atoms with Crippen molar-refractivity contribution >= 4 is 21.6 Å². The highest BCUT2D eigenvalue weighted by Crippen LogP contribution is 2.28. The van der Waals surface area contributed by atoms with Crippen molar-refractivity contribution < 1.29 is 0 Å². The quantitative estimate of drug-likeness (QED) is 0.914. The minimum absolute atomic E-state index is 0.132. The Balaban J connectivity index is 2.29. The molecule has 1 heterocycles. The SMILES string of the molecule is Cc1cc(Br)cc(C)c1NC(C)c1nccnc1C. The Hall–Kier alpha value is -1.42. The lowest BCUT2D eigenvalue weighted by Gasteiger charge is -2.20. The van der Waals surface area contributed by atoms with Crippen LogP contribution in [0.1, 0.15) is 35.5 Å². The van der Waals surface area contributed by atoms with Crippen LogP contribution < -0.4 is 5.32 Å². The highest BCUT2D eigenvalue weighted by molar-refractivity contribution is 9.10. The Labute approximate surface area is 122 Å². The Bertz CT molecular complexity index is 573. The molecule has 0 aliphatic heterocycles. The third kappa shape index (κ3) is 3.13. The van der Waals surface area contributed by atoms with Gasteiger partial charge in [-0.1, -0.05) is 15.9 Å². The van der Waals surface area contributed by atoms with E-state index in [1.807, 2.05) is 6.92 Å². The number of rotatable bonds is 3. The molecule has 0 saturated heterocycles. The number of halogens is 1. The number of hydrogen-bond acceptors (Lipinski definition) is 3. The second kappa shape index (κ2) is 5.70. The molecule has 1 aromatic carbocycles. The van der Waals surface area contributed by atoms with Crippen molar-refractivity contribution in [2.24, 2.45) is 0 Å². The standard InChI is InChI=1S/C15H18BrN3/c1-9-7-13(16)8-10(2)14(9)19-12(4)15-11(3)17-5-6-18-15/h5-8,12,19H,1-4H3. The van der Waals surface area contributed by atoms with Gasteiger partial charge in [0.2, 0.25) is 0 Å². The molecule has 4 heteroatoms. The van der Waals surface area contributed by atoms with E-state index in [9.17, 15) is 0 Å². The van der Waals surface area contributed by atoms with Crippen molar-refractivity contribution in [2.45, 2.75) is 33.7 Å². The van der Waals surface area contributed by atoms with Gasteiger partial charge in [-0.05, 0) is 51.0 Å². The molecule has 1 N–H and O–H groups in total. The van der Waals surface area contributed by atoms with Gasteiger partial charge in [-0.2, -0.15) is 0 Å². The van der Waals surface area contributed by atoms with E-state index in [0.717, 1.165) is 15.9 Å². The summed E-state index contributed by atoms with van der Waals surface area (Å²) < 4.78 is 1.11. The third-order valence-corrected chi connectivity index (χ3v) is 3.65. The zero-order valence-electron chi connectivity index (χ0n) is 11.7. The summed E-state index contributed by atoms with van der Waals surface area (Å²) in [6.07, 6.45) is 3.46. The molecule has 2 aromatic rings. The first-order valence-electron chi connectivity index (χ1n) is 6.30. The van der Waals surface area contributed by atoms with E-state index in [-0.39, 0.29) is 6.04 Å². The van der Waals surface area contributed by atoms with Crippen molar-refractivity contribution in [2.75, 3.05) is 5.32 Å². The molecule has 2 rings (SSSR count). The summed E-state index contributed by atoms with van der Waals surface area (Å²) in [5.41, 5.74) is 5.57. The number of nitrogens with one attached hydrogen (secondary N) is 1. The summed E-state index contributed by atoms with van der Waals surface area (Å²) in [4.78, 5) is 8.71. The topological polar surface area (TPSA) is 37.8 Å². The first kappa shape index (κ1) is 14.0. The number of hydrogen-bond donors (Lipinski definition) is 1. The fourth-order valence-electron chi connectivity index (χ4n) is 2.27. The average Bonchev–Trinajstić information content (AvgIpc) is 2.34. The second-order valence-electron chi connectivity index (χ2n) is 4.81. The molecule has 0 aliphatic carbocycles. The number of nitrogens with zero attached hydrogens (tertiary/aromatic N) is 2. The summed E-state index contributed by atoms with van der Waals surface area (Å²) in [6, 6.07) is 4.37. The number of aromatic nitrogens is 2. The van der Waals surface area contributed by atoms with Crippen LogP contribution in [0.25, 0.3) is 0 Å². The Morgan fingerprint density at radius 3 is 2.21 bits per heavy atom. The van der Waals surface area contributed by atoms with E-state index in [4.69, 9.17) is 0 Å². The molecule has 0 fully saturated rings. The van der Waals surface area contributed by atoms with Crippen LogP contribution in [0.2, 0.25) is 0 Å². The van der Waals surface area contributed by atoms with Gasteiger partial charge in [0.1, 0.15) is 0 Å². The minimum atomic E-state index is 0.132. The average molecular weight is 320 g/mol. The van der Waals surface area contributed by atoms with Gasteiger partial charge in [0.25, 0.3) is 0 Å². The molecule has 0 aliphatic rings. The van der Waals surface area contributed by atoms with E-state index >= 15 is 0 Å². The van der Waals surface area contributed by atoms with Crippen LogP contribution in [0, 0.1) is 20.8 Å². The van der Waals surface area contributed by atoms with Crippen LogP contribution in [-0.2, 0) is 0 Å². The van der Waals surface area contributed by atoms with Crippen molar-refractivity contribution in [3.8, 4) is 0 Å². The molecular formula is C15H18BrN3. The van der Waals surface area contributed by atoms with E-state index < -0.39 is 0 Å². The van der Waals surface area contributed by atoms with E-state index in [1.165, 1.54) is 16.8 Å². The summed E-state index contributed by atoms with van der Waals surface area (Å²) in [7, 11) is 0. The van der Waals surface area contributed by atoms with Crippen LogP contribution in [0.3, 0.4) is 0 Å². The fraction of sp³-hybridized carbons (Fsp3) is 0.333. The van der Waals surface area contributed by atoms with Gasteiger partial charge < -0.3 is 5.32 Å². The normalized spacial score (nSPS) is 12.3. The molecule has 0 bridgehead atoms. The maximum atomic E-state index is 4.42.